The van der Waals surface area contributed by atoms with Crippen LogP contribution in [0.15, 0.2) is 28.7 Å². The zero-order valence-electron chi connectivity index (χ0n) is 10.8. The molecule has 1 fully saturated rings. The Morgan fingerprint density at radius 3 is 2.83 bits per heavy atom. The van der Waals surface area contributed by atoms with Crippen LogP contribution in [0.3, 0.4) is 0 Å². The van der Waals surface area contributed by atoms with E-state index in [1.54, 1.807) is 0 Å². The van der Waals surface area contributed by atoms with Crippen molar-refractivity contribution in [2.45, 2.75) is 31.8 Å². The van der Waals surface area contributed by atoms with Gasteiger partial charge in [-0.3, -0.25) is 4.90 Å². The van der Waals surface area contributed by atoms with Gasteiger partial charge in [0.15, 0.2) is 0 Å². The molecule has 0 aliphatic carbocycles. The van der Waals surface area contributed by atoms with Crippen molar-refractivity contribution in [3.63, 3.8) is 0 Å². The normalized spacial score (nSPS) is 24.2. The van der Waals surface area contributed by atoms with Crippen LogP contribution in [0.2, 0.25) is 0 Å². The first-order valence-corrected chi connectivity index (χ1v) is 7.03. The highest BCUT2D eigenvalue weighted by Gasteiger charge is 2.39. The third kappa shape index (κ3) is 2.85. The van der Waals surface area contributed by atoms with Crippen molar-refractivity contribution in [3.05, 3.63) is 28.7 Å². The Bertz CT molecular complexity index is 466. The molecule has 0 amide bonds. The second kappa shape index (κ2) is 5.29. The van der Waals surface area contributed by atoms with Crippen molar-refractivity contribution in [2.75, 3.05) is 18.4 Å². The molecule has 18 heavy (non-hydrogen) atoms. The molecule has 1 aliphatic heterocycles. The summed E-state index contributed by atoms with van der Waals surface area (Å²) in [5.41, 5.74) is 0.543. The minimum absolute atomic E-state index is 0.453. The Labute approximate surface area is 117 Å². The van der Waals surface area contributed by atoms with Gasteiger partial charge in [0.05, 0.1) is 6.07 Å². The maximum absolute atomic E-state index is 9.50. The molecule has 0 spiro atoms. The van der Waals surface area contributed by atoms with Crippen LogP contribution in [0.4, 0.5) is 5.69 Å². The highest BCUT2D eigenvalue weighted by atomic mass is 79.9. The number of benzene rings is 1. The molecule has 1 saturated heterocycles. The monoisotopic (exact) mass is 307 g/mol. The van der Waals surface area contributed by atoms with Crippen LogP contribution in [0.1, 0.15) is 20.3 Å². The summed E-state index contributed by atoms with van der Waals surface area (Å²) in [4.78, 5) is 2.34. The largest absolute Gasteiger partial charge is 0.366 e. The van der Waals surface area contributed by atoms with Gasteiger partial charge in [-0.15, -0.1) is 0 Å². The van der Waals surface area contributed by atoms with Crippen LogP contribution < -0.4 is 5.32 Å². The van der Waals surface area contributed by atoms with Crippen LogP contribution in [0.25, 0.3) is 0 Å². The lowest BCUT2D eigenvalue weighted by Crippen LogP contribution is -2.41. The van der Waals surface area contributed by atoms with Crippen molar-refractivity contribution in [1.29, 1.82) is 5.26 Å². The SMILES string of the molecule is CC(C)N1CCC(C#N)(Nc2cccc(Br)c2)C1. The number of nitrogens with one attached hydrogen (secondary N) is 1. The van der Waals surface area contributed by atoms with Crippen LogP contribution >= 0.6 is 15.9 Å². The zero-order valence-corrected chi connectivity index (χ0v) is 12.4. The molecule has 3 nitrogen and oxygen atoms in total. The van der Waals surface area contributed by atoms with E-state index in [0.717, 1.165) is 29.7 Å². The molecule has 96 valence electrons. The van der Waals surface area contributed by atoms with Gasteiger partial charge in [0.1, 0.15) is 5.54 Å². The van der Waals surface area contributed by atoms with Gasteiger partial charge >= 0.3 is 0 Å². The lowest BCUT2D eigenvalue weighted by molar-refractivity contribution is 0.268. The third-order valence-electron chi connectivity index (χ3n) is 3.45. The molecule has 0 bridgehead atoms. The second-order valence-corrected chi connectivity index (χ2v) is 6.06. The summed E-state index contributed by atoms with van der Waals surface area (Å²) >= 11 is 3.45. The quantitative estimate of drug-likeness (QED) is 0.932. The average Bonchev–Trinajstić information content (AvgIpc) is 2.74. The van der Waals surface area contributed by atoms with Crippen LogP contribution in [-0.2, 0) is 0 Å². The molecule has 0 aromatic heterocycles. The third-order valence-corrected chi connectivity index (χ3v) is 3.94. The van der Waals surface area contributed by atoms with E-state index in [4.69, 9.17) is 0 Å². The minimum Gasteiger partial charge on any atom is -0.366 e. The first-order valence-electron chi connectivity index (χ1n) is 6.24. The van der Waals surface area contributed by atoms with Crippen molar-refractivity contribution in [1.82, 2.24) is 4.90 Å². The van der Waals surface area contributed by atoms with Crippen LogP contribution in [0, 0.1) is 11.3 Å². The molecule has 1 N–H and O–H groups in total. The predicted molar refractivity (Wildman–Crippen MR) is 77.4 cm³/mol. The van der Waals surface area contributed by atoms with E-state index in [1.165, 1.54) is 0 Å². The Morgan fingerprint density at radius 1 is 1.50 bits per heavy atom. The van der Waals surface area contributed by atoms with Crippen molar-refractivity contribution in [3.8, 4) is 6.07 Å². The maximum Gasteiger partial charge on any atom is 0.139 e. The summed E-state index contributed by atoms with van der Waals surface area (Å²) in [5, 5.41) is 12.9. The number of anilines is 1. The van der Waals surface area contributed by atoms with Crippen LogP contribution in [0.5, 0.6) is 0 Å². The molecule has 2 rings (SSSR count). The molecule has 4 heteroatoms. The summed E-state index contributed by atoms with van der Waals surface area (Å²) in [6, 6.07) is 10.9. The van der Waals surface area contributed by atoms with E-state index in [1.807, 2.05) is 24.3 Å². The standard InChI is InChI=1S/C14H18BrN3/c1-11(2)18-7-6-14(9-16,10-18)17-13-5-3-4-12(15)8-13/h3-5,8,11,17H,6-7,10H2,1-2H3. The molecule has 1 aromatic carbocycles. The van der Waals surface area contributed by atoms with E-state index >= 15 is 0 Å². The number of nitrogens with zero attached hydrogens (tertiary/aromatic N) is 2. The zero-order chi connectivity index (χ0) is 13.2. The van der Waals surface area contributed by atoms with Gasteiger partial charge in [0.25, 0.3) is 0 Å². The average molecular weight is 308 g/mol. The molecular formula is C14H18BrN3. The summed E-state index contributed by atoms with van der Waals surface area (Å²) in [6.45, 7) is 6.11. The van der Waals surface area contributed by atoms with Gasteiger partial charge in [-0.05, 0) is 38.5 Å². The van der Waals surface area contributed by atoms with Crippen molar-refractivity contribution in [2.24, 2.45) is 0 Å². The van der Waals surface area contributed by atoms with E-state index in [0.29, 0.717) is 6.04 Å². The summed E-state index contributed by atoms with van der Waals surface area (Å²) < 4.78 is 1.03. The fourth-order valence-corrected chi connectivity index (χ4v) is 2.74. The van der Waals surface area contributed by atoms with Gasteiger partial charge in [0, 0.05) is 29.3 Å². The number of likely N-dealkylation sites (tertiary alicyclic amines) is 1. The minimum atomic E-state index is -0.453. The molecule has 1 atom stereocenters. The highest BCUT2D eigenvalue weighted by Crippen LogP contribution is 2.28. The number of halogens is 1. The topological polar surface area (TPSA) is 39.1 Å². The smallest absolute Gasteiger partial charge is 0.139 e. The molecule has 1 unspecified atom stereocenters. The molecule has 0 saturated carbocycles. The van der Waals surface area contributed by atoms with E-state index in [9.17, 15) is 5.26 Å². The number of hydrogen-bond acceptors (Lipinski definition) is 3. The van der Waals surface area contributed by atoms with Gasteiger partial charge in [-0.1, -0.05) is 22.0 Å². The number of nitriles is 1. The maximum atomic E-state index is 9.50. The molecule has 1 heterocycles. The van der Waals surface area contributed by atoms with Gasteiger partial charge in [-0.2, -0.15) is 5.26 Å². The number of hydrogen-bond donors (Lipinski definition) is 1. The molecule has 1 aromatic rings. The fourth-order valence-electron chi connectivity index (χ4n) is 2.34. The van der Waals surface area contributed by atoms with E-state index in [-0.39, 0.29) is 0 Å². The predicted octanol–water partition coefficient (Wildman–Crippen LogP) is 3.24. The Kier molecular flexibility index (Phi) is 3.94. The van der Waals surface area contributed by atoms with Gasteiger partial charge in [-0.25, -0.2) is 0 Å². The summed E-state index contributed by atoms with van der Waals surface area (Å²) in [6.07, 6.45) is 0.869. The Morgan fingerprint density at radius 2 is 2.28 bits per heavy atom. The van der Waals surface area contributed by atoms with Gasteiger partial charge < -0.3 is 5.32 Å². The van der Waals surface area contributed by atoms with Crippen molar-refractivity contribution < 1.29 is 0 Å². The second-order valence-electron chi connectivity index (χ2n) is 5.14. The number of rotatable bonds is 3. The fraction of sp³-hybridized carbons (Fsp3) is 0.500. The van der Waals surface area contributed by atoms with E-state index < -0.39 is 5.54 Å². The van der Waals surface area contributed by atoms with Crippen molar-refractivity contribution >= 4 is 21.6 Å². The highest BCUT2D eigenvalue weighted by molar-refractivity contribution is 9.10. The molecule has 0 radical (unpaired) electrons. The Hall–Kier alpha value is -1.05. The van der Waals surface area contributed by atoms with Crippen LogP contribution in [-0.4, -0.2) is 29.6 Å². The van der Waals surface area contributed by atoms with E-state index in [2.05, 4.69) is 46.1 Å². The Balaban J connectivity index is 2.14. The summed E-state index contributed by atoms with van der Waals surface area (Å²) in [5.74, 6) is 0. The molecule has 1 aliphatic rings. The van der Waals surface area contributed by atoms with Gasteiger partial charge in [0.2, 0.25) is 0 Å². The first-order chi connectivity index (χ1) is 8.54. The molecular weight excluding hydrogens is 290 g/mol. The lowest BCUT2D eigenvalue weighted by Gasteiger charge is -2.26. The summed E-state index contributed by atoms with van der Waals surface area (Å²) in [7, 11) is 0. The first kappa shape index (κ1) is 13.4. The lowest BCUT2D eigenvalue weighted by atomic mass is 10.0.